The average Bonchev–Trinajstić information content (AvgIpc) is 2.42. The Morgan fingerprint density at radius 1 is 1.00 bits per heavy atom. The minimum Gasteiger partial charge on any atom is -0.340 e. The lowest BCUT2D eigenvalue weighted by atomic mass is 10.1. The highest BCUT2D eigenvalue weighted by molar-refractivity contribution is 9.10. The summed E-state index contributed by atoms with van der Waals surface area (Å²) in [5, 5.41) is 5.75. The number of hydrogen-bond donors (Lipinski definition) is 1. The molecule has 3 aromatic rings. The van der Waals surface area contributed by atoms with Crippen LogP contribution in [0.15, 0.2) is 53.1 Å². The van der Waals surface area contributed by atoms with Crippen molar-refractivity contribution in [1.29, 1.82) is 0 Å². The fraction of sp³-hybridized carbons (Fsp3) is 0. The first-order chi connectivity index (χ1) is 9.24. The summed E-state index contributed by atoms with van der Waals surface area (Å²) in [5.74, 6) is 0.674. The fourth-order valence-electron chi connectivity index (χ4n) is 1.91. The molecular weight excluding hydrogens is 326 g/mol. The normalized spacial score (nSPS) is 10.6. The molecule has 0 radical (unpaired) electrons. The first-order valence-corrected chi connectivity index (χ1v) is 6.84. The van der Waals surface area contributed by atoms with Gasteiger partial charge in [0.1, 0.15) is 5.82 Å². The predicted molar refractivity (Wildman–Crippen MR) is 82.0 cm³/mol. The summed E-state index contributed by atoms with van der Waals surface area (Å²) < 4.78 is 1.06. The van der Waals surface area contributed by atoms with Gasteiger partial charge in [0.05, 0.1) is 0 Å². The van der Waals surface area contributed by atoms with Crippen LogP contribution in [-0.4, -0.2) is 9.97 Å². The lowest BCUT2D eigenvalue weighted by molar-refractivity contribution is 1.17. The van der Waals surface area contributed by atoms with Gasteiger partial charge in [-0.3, -0.25) is 0 Å². The second-order valence-electron chi connectivity index (χ2n) is 3.98. The number of benzene rings is 2. The molecule has 5 heteroatoms. The van der Waals surface area contributed by atoms with Gasteiger partial charge in [-0.25, -0.2) is 9.97 Å². The standard InChI is InChI=1S/C14H9BrClN3/c15-11-5-6-12(10-4-2-1-3-9(10)11)18-13-7-8-17-14(16)19-13/h1-8H,(H,17,18,19). The third-order valence-electron chi connectivity index (χ3n) is 2.76. The van der Waals surface area contributed by atoms with Gasteiger partial charge in [0.15, 0.2) is 0 Å². The highest BCUT2D eigenvalue weighted by Crippen LogP contribution is 2.31. The minimum atomic E-state index is 0.228. The van der Waals surface area contributed by atoms with E-state index in [1.165, 1.54) is 0 Å². The van der Waals surface area contributed by atoms with Crippen molar-refractivity contribution in [2.45, 2.75) is 0 Å². The molecule has 0 bridgehead atoms. The number of nitrogens with one attached hydrogen (secondary N) is 1. The van der Waals surface area contributed by atoms with E-state index in [4.69, 9.17) is 11.6 Å². The van der Waals surface area contributed by atoms with Gasteiger partial charge in [0.25, 0.3) is 0 Å². The van der Waals surface area contributed by atoms with Gasteiger partial charge in [-0.1, -0.05) is 40.2 Å². The highest BCUT2D eigenvalue weighted by atomic mass is 79.9. The van der Waals surface area contributed by atoms with Crippen molar-refractivity contribution in [3.8, 4) is 0 Å². The van der Waals surface area contributed by atoms with Crippen molar-refractivity contribution in [3.05, 3.63) is 58.4 Å². The summed E-state index contributed by atoms with van der Waals surface area (Å²) in [4.78, 5) is 7.99. The molecule has 0 atom stereocenters. The quantitative estimate of drug-likeness (QED) is 0.685. The summed E-state index contributed by atoms with van der Waals surface area (Å²) >= 11 is 9.34. The van der Waals surface area contributed by atoms with E-state index in [2.05, 4.69) is 43.3 Å². The zero-order chi connectivity index (χ0) is 13.2. The third kappa shape index (κ3) is 2.55. The fourth-order valence-corrected chi connectivity index (χ4v) is 2.54. The topological polar surface area (TPSA) is 37.8 Å². The van der Waals surface area contributed by atoms with Crippen molar-refractivity contribution in [2.75, 3.05) is 5.32 Å². The Balaban J connectivity index is 2.09. The number of halogens is 2. The molecule has 94 valence electrons. The van der Waals surface area contributed by atoms with E-state index >= 15 is 0 Å². The average molecular weight is 335 g/mol. The number of nitrogens with zero attached hydrogens (tertiary/aromatic N) is 2. The van der Waals surface area contributed by atoms with E-state index in [0.29, 0.717) is 5.82 Å². The maximum atomic E-state index is 5.78. The molecule has 1 N–H and O–H groups in total. The van der Waals surface area contributed by atoms with Gasteiger partial charge < -0.3 is 5.32 Å². The number of fused-ring (bicyclic) bond motifs is 1. The largest absolute Gasteiger partial charge is 0.340 e. The number of rotatable bonds is 2. The number of anilines is 2. The van der Waals surface area contributed by atoms with Gasteiger partial charge in [-0.2, -0.15) is 0 Å². The molecule has 0 unspecified atom stereocenters. The monoisotopic (exact) mass is 333 g/mol. The Morgan fingerprint density at radius 3 is 2.58 bits per heavy atom. The summed E-state index contributed by atoms with van der Waals surface area (Å²) in [7, 11) is 0. The third-order valence-corrected chi connectivity index (χ3v) is 3.63. The lowest BCUT2D eigenvalue weighted by Gasteiger charge is -2.10. The van der Waals surface area contributed by atoms with Gasteiger partial charge >= 0.3 is 0 Å². The maximum Gasteiger partial charge on any atom is 0.224 e. The van der Waals surface area contributed by atoms with Gasteiger partial charge in [-0.15, -0.1) is 0 Å². The molecule has 1 heterocycles. The van der Waals surface area contributed by atoms with Crippen LogP contribution in [0.4, 0.5) is 11.5 Å². The zero-order valence-corrected chi connectivity index (χ0v) is 12.1. The summed E-state index contributed by atoms with van der Waals surface area (Å²) in [6.07, 6.45) is 1.62. The Bertz CT molecular complexity index is 746. The first-order valence-electron chi connectivity index (χ1n) is 5.67. The van der Waals surface area contributed by atoms with E-state index in [0.717, 1.165) is 20.9 Å². The molecule has 0 aliphatic carbocycles. The van der Waals surface area contributed by atoms with Crippen LogP contribution in [0.25, 0.3) is 10.8 Å². The van der Waals surface area contributed by atoms with E-state index in [9.17, 15) is 0 Å². The zero-order valence-electron chi connectivity index (χ0n) is 9.77. The second-order valence-corrected chi connectivity index (χ2v) is 5.17. The SMILES string of the molecule is Clc1nccc(Nc2ccc(Br)c3ccccc23)n1. The van der Waals surface area contributed by atoms with Crippen LogP contribution in [0.3, 0.4) is 0 Å². The molecular formula is C14H9BrClN3. The van der Waals surface area contributed by atoms with Gasteiger partial charge in [-0.05, 0) is 35.2 Å². The smallest absolute Gasteiger partial charge is 0.224 e. The van der Waals surface area contributed by atoms with Crippen LogP contribution in [0.2, 0.25) is 5.28 Å². The molecule has 0 saturated carbocycles. The van der Waals surface area contributed by atoms with Gasteiger partial charge in [0.2, 0.25) is 5.28 Å². The van der Waals surface area contributed by atoms with Crippen LogP contribution in [0.1, 0.15) is 0 Å². The van der Waals surface area contributed by atoms with E-state index < -0.39 is 0 Å². The number of hydrogen-bond acceptors (Lipinski definition) is 3. The first kappa shape index (κ1) is 12.4. The summed E-state index contributed by atoms with van der Waals surface area (Å²) in [5.41, 5.74) is 0.980. The number of aromatic nitrogens is 2. The Morgan fingerprint density at radius 2 is 1.79 bits per heavy atom. The lowest BCUT2D eigenvalue weighted by Crippen LogP contribution is -1.95. The van der Waals surface area contributed by atoms with E-state index in [-0.39, 0.29) is 5.28 Å². The summed E-state index contributed by atoms with van der Waals surface area (Å²) in [6.45, 7) is 0. The molecule has 0 fully saturated rings. The maximum absolute atomic E-state index is 5.78. The Labute approximate surface area is 123 Å². The molecule has 0 saturated heterocycles. The molecule has 0 aliphatic rings. The van der Waals surface area contributed by atoms with Crippen molar-refractivity contribution < 1.29 is 0 Å². The minimum absolute atomic E-state index is 0.228. The molecule has 0 aliphatic heterocycles. The molecule has 2 aromatic carbocycles. The van der Waals surface area contributed by atoms with Crippen molar-refractivity contribution in [3.63, 3.8) is 0 Å². The predicted octanol–water partition coefficient (Wildman–Crippen LogP) is 4.79. The molecule has 3 rings (SSSR count). The van der Waals surface area contributed by atoms with Crippen molar-refractivity contribution in [1.82, 2.24) is 9.97 Å². The van der Waals surface area contributed by atoms with Crippen molar-refractivity contribution >= 4 is 49.8 Å². The van der Waals surface area contributed by atoms with Crippen molar-refractivity contribution in [2.24, 2.45) is 0 Å². The van der Waals surface area contributed by atoms with E-state index in [1.54, 1.807) is 12.3 Å². The molecule has 0 amide bonds. The van der Waals surface area contributed by atoms with Crippen LogP contribution in [0.5, 0.6) is 0 Å². The van der Waals surface area contributed by atoms with Gasteiger partial charge in [0, 0.05) is 21.7 Å². The Kier molecular flexibility index (Phi) is 3.36. The summed E-state index contributed by atoms with van der Waals surface area (Å²) in [6, 6.07) is 13.9. The van der Waals surface area contributed by atoms with Crippen LogP contribution in [0, 0.1) is 0 Å². The molecule has 3 nitrogen and oxygen atoms in total. The Hall–Kier alpha value is -1.65. The van der Waals surface area contributed by atoms with Crippen LogP contribution >= 0.6 is 27.5 Å². The second kappa shape index (κ2) is 5.15. The molecule has 19 heavy (non-hydrogen) atoms. The molecule has 1 aromatic heterocycles. The molecule has 0 spiro atoms. The van der Waals surface area contributed by atoms with E-state index in [1.807, 2.05) is 24.3 Å². The van der Waals surface area contributed by atoms with Crippen LogP contribution < -0.4 is 5.32 Å². The van der Waals surface area contributed by atoms with Crippen LogP contribution in [-0.2, 0) is 0 Å². The highest BCUT2D eigenvalue weighted by Gasteiger charge is 2.05.